The van der Waals surface area contributed by atoms with Gasteiger partial charge in [-0.2, -0.15) is 0 Å². The smallest absolute Gasteiger partial charge is 0.410 e. The maximum Gasteiger partial charge on any atom is 0.410 e. The van der Waals surface area contributed by atoms with E-state index in [1.54, 1.807) is 11.0 Å². The molecule has 1 atom stereocenters. The lowest BCUT2D eigenvalue weighted by Gasteiger charge is -2.35. The lowest BCUT2D eigenvalue weighted by atomic mass is 9.93. The van der Waals surface area contributed by atoms with Gasteiger partial charge >= 0.3 is 12.1 Å². The average molecular weight is 353 g/mol. The van der Waals surface area contributed by atoms with E-state index in [1.165, 1.54) is 0 Å². The molecule has 0 aromatic carbocycles. The Balaban J connectivity index is 1.97. The van der Waals surface area contributed by atoms with Crippen LogP contribution in [0.15, 0.2) is 10.6 Å². The highest BCUT2D eigenvalue weighted by Gasteiger charge is 2.30. The number of aliphatic carboxylic acids is 1. The normalized spacial score (nSPS) is 16.9. The standard InChI is InChI=1S/C17H27N3O5/c1-11(2)14(15(21)22)12-10-13(18-25-12)19-6-8-20(9-7-19)16(23)24-17(3,4)5/h10-11,14H,6-9H2,1-5H3,(H,21,22). The molecule has 1 fully saturated rings. The summed E-state index contributed by atoms with van der Waals surface area (Å²) in [5.41, 5.74) is -0.516. The van der Waals surface area contributed by atoms with Gasteiger partial charge < -0.3 is 24.2 Å². The molecule has 1 aromatic heterocycles. The molecule has 0 radical (unpaired) electrons. The topological polar surface area (TPSA) is 96.1 Å². The molecule has 0 spiro atoms. The van der Waals surface area contributed by atoms with Crippen molar-refractivity contribution >= 4 is 17.9 Å². The third kappa shape index (κ3) is 4.87. The Morgan fingerprint density at radius 1 is 1.24 bits per heavy atom. The summed E-state index contributed by atoms with van der Waals surface area (Å²) in [6.45, 7) is 11.4. The first-order valence-corrected chi connectivity index (χ1v) is 8.51. The lowest BCUT2D eigenvalue weighted by Crippen LogP contribution is -2.50. The van der Waals surface area contributed by atoms with Gasteiger partial charge in [0.05, 0.1) is 0 Å². The molecule has 1 aliphatic rings. The fourth-order valence-electron chi connectivity index (χ4n) is 2.75. The molecule has 0 saturated carbocycles. The molecule has 1 saturated heterocycles. The summed E-state index contributed by atoms with van der Waals surface area (Å²) in [6.07, 6.45) is -0.321. The zero-order chi connectivity index (χ0) is 18.8. The summed E-state index contributed by atoms with van der Waals surface area (Å²) in [4.78, 5) is 27.1. The largest absolute Gasteiger partial charge is 0.481 e. The van der Waals surface area contributed by atoms with Crippen LogP contribution in [-0.2, 0) is 9.53 Å². The van der Waals surface area contributed by atoms with Crippen LogP contribution < -0.4 is 4.90 Å². The number of carbonyl (C=O) groups excluding carboxylic acids is 1. The van der Waals surface area contributed by atoms with Crippen LogP contribution in [0.2, 0.25) is 0 Å². The van der Waals surface area contributed by atoms with Gasteiger partial charge in [-0.1, -0.05) is 19.0 Å². The SMILES string of the molecule is CC(C)C(C(=O)O)c1cc(N2CCN(C(=O)OC(C)(C)C)CC2)no1. The van der Waals surface area contributed by atoms with Crippen LogP contribution in [0.4, 0.5) is 10.6 Å². The molecule has 2 heterocycles. The van der Waals surface area contributed by atoms with E-state index < -0.39 is 17.5 Å². The third-order valence-corrected chi connectivity index (χ3v) is 4.01. The Hall–Kier alpha value is -2.25. The van der Waals surface area contributed by atoms with Crippen molar-refractivity contribution in [3.05, 3.63) is 11.8 Å². The number of hydrogen-bond donors (Lipinski definition) is 1. The summed E-state index contributed by atoms with van der Waals surface area (Å²) in [5.74, 6) is -0.781. The Morgan fingerprint density at radius 3 is 2.32 bits per heavy atom. The van der Waals surface area contributed by atoms with Crippen molar-refractivity contribution in [2.45, 2.75) is 46.1 Å². The summed E-state index contributed by atoms with van der Waals surface area (Å²) in [5, 5.41) is 13.4. The van der Waals surface area contributed by atoms with Gasteiger partial charge in [0.1, 0.15) is 11.5 Å². The fraction of sp³-hybridized carbons (Fsp3) is 0.706. The molecule has 140 valence electrons. The van der Waals surface area contributed by atoms with Crippen molar-refractivity contribution in [3.8, 4) is 0 Å². The predicted molar refractivity (Wildman–Crippen MR) is 91.7 cm³/mol. The molecule has 0 aliphatic carbocycles. The summed E-state index contributed by atoms with van der Waals surface area (Å²) >= 11 is 0. The molecule has 25 heavy (non-hydrogen) atoms. The zero-order valence-corrected chi connectivity index (χ0v) is 15.5. The summed E-state index contributed by atoms with van der Waals surface area (Å²) < 4.78 is 10.6. The third-order valence-electron chi connectivity index (χ3n) is 4.01. The number of carboxylic acid groups (broad SMARTS) is 1. The molecule has 1 amide bonds. The molecule has 1 unspecified atom stereocenters. The van der Waals surface area contributed by atoms with Gasteiger partial charge in [-0.05, 0) is 26.7 Å². The second-order valence-corrected chi connectivity index (χ2v) is 7.60. The highest BCUT2D eigenvalue weighted by molar-refractivity contribution is 5.75. The fourth-order valence-corrected chi connectivity index (χ4v) is 2.75. The molecule has 1 aliphatic heterocycles. The van der Waals surface area contributed by atoms with Crippen LogP contribution in [0, 0.1) is 5.92 Å². The molecule has 1 aromatic rings. The molecular weight excluding hydrogens is 326 g/mol. The second-order valence-electron chi connectivity index (χ2n) is 7.60. The molecular formula is C17H27N3O5. The zero-order valence-electron chi connectivity index (χ0n) is 15.5. The van der Waals surface area contributed by atoms with Gasteiger partial charge in [-0.15, -0.1) is 0 Å². The van der Waals surface area contributed by atoms with E-state index >= 15 is 0 Å². The minimum Gasteiger partial charge on any atom is -0.481 e. The van der Waals surface area contributed by atoms with E-state index in [1.807, 2.05) is 39.5 Å². The van der Waals surface area contributed by atoms with Crippen molar-refractivity contribution in [1.82, 2.24) is 10.1 Å². The highest BCUT2D eigenvalue weighted by Crippen LogP contribution is 2.28. The van der Waals surface area contributed by atoms with Crippen molar-refractivity contribution in [2.24, 2.45) is 5.92 Å². The van der Waals surface area contributed by atoms with Gasteiger partial charge in [0.25, 0.3) is 0 Å². The highest BCUT2D eigenvalue weighted by atomic mass is 16.6. The van der Waals surface area contributed by atoms with Crippen molar-refractivity contribution in [1.29, 1.82) is 0 Å². The van der Waals surface area contributed by atoms with Crippen LogP contribution in [0.5, 0.6) is 0 Å². The van der Waals surface area contributed by atoms with E-state index in [-0.39, 0.29) is 12.0 Å². The number of ether oxygens (including phenoxy) is 1. The van der Waals surface area contributed by atoms with Crippen LogP contribution >= 0.6 is 0 Å². The Kier molecular flexibility index (Phi) is 5.59. The van der Waals surface area contributed by atoms with Gasteiger partial charge in [0, 0.05) is 32.2 Å². The van der Waals surface area contributed by atoms with Gasteiger partial charge in [-0.3, -0.25) is 4.79 Å². The predicted octanol–water partition coefficient (Wildman–Crippen LogP) is 2.56. The molecule has 2 rings (SSSR count). The Labute approximate surface area is 147 Å². The molecule has 0 bridgehead atoms. The quantitative estimate of drug-likeness (QED) is 0.888. The Bertz CT molecular complexity index is 612. The van der Waals surface area contributed by atoms with E-state index in [9.17, 15) is 14.7 Å². The summed E-state index contributed by atoms with van der Waals surface area (Å²) in [6, 6.07) is 1.68. The van der Waals surface area contributed by atoms with E-state index in [2.05, 4.69) is 5.16 Å². The number of amides is 1. The first-order valence-electron chi connectivity index (χ1n) is 8.51. The number of rotatable bonds is 4. The van der Waals surface area contributed by atoms with Crippen LogP contribution in [0.1, 0.15) is 46.3 Å². The van der Waals surface area contributed by atoms with Crippen LogP contribution in [0.3, 0.4) is 0 Å². The van der Waals surface area contributed by atoms with Crippen molar-refractivity contribution in [3.63, 3.8) is 0 Å². The average Bonchev–Trinajstić information content (AvgIpc) is 2.94. The van der Waals surface area contributed by atoms with Crippen LogP contribution in [0.25, 0.3) is 0 Å². The van der Waals surface area contributed by atoms with E-state index in [0.717, 1.165) is 0 Å². The number of aromatic nitrogens is 1. The molecule has 1 N–H and O–H groups in total. The first kappa shape index (κ1) is 19.1. The number of hydrogen-bond acceptors (Lipinski definition) is 6. The van der Waals surface area contributed by atoms with E-state index in [4.69, 9.17) is 9.26 Å². The number of carbonyl (C=O) groups is 2. The van der Waals surface area contributed by atoms with Crippen LogP contribution in [-0.4, -0.2) is 59.0 Å². The Morgan fingerprint density at radius 2 is 1.84 bits per heavy atom. The van der Waals surface area contributed by atoms with Crippen molar-refractivity contribution in [2.75, 3.05) is 31.1 Å². The lowest BCUT2D eigenvalue weighted by molar-refractivity contribution is -0.140. The second kappa shape index (κ2) is 7.33. The van der Waals surface area contributed by atoms with Gasteiger partial charge in [0.15, 0.2) is 11.6 Å². The minimum atomic E-state index is -0.924. The number of anilines is 1. The maximum atomic E-state index is 12.1. The number of carboxylic acids is 1. The maximum absolute atomic E-state index is 12.1. The monoisotopic (exact) mass is 353 g/mol. The van der Waals surface area contributed by atoms with E-state index in [0.29, 0.717) is 37.8 Å². The van der Waals surface area contributed by atoms with Gasteiger partial charge in [0.2, 0.25) is 0 Å². The minimum absolute atomic E-state index is 0.0951. The molecule has 8 nitrogen and oxygen atoms in total. The number of nitrogens with zero attached hydrogens (tertiary/aromatic N) is 3. The summed E-state index contributed by atoms with van der Waals surface area (Å²) in [7, 11) is 0. The van der Waals surface area contributed by atoms with Gasteiger partial charge in [-0.25, -0.2) is 4.79 Å². The molecule has 8 heteroatoms. The first-order chi connectivity index (χ1) is 11.6. The number of piperazine rings is 1. The van der Waals surface area contributed by atoms with Crippen molar-refractivity contribution < 1.29 is 24.0 Å².